The van der Waals surface area contributed by atoms with Crippen LogP contribution < -0.4 is 10.2 Å². The van der Waals surface area contributed by atoms with Gasteiger partial charge in [0.05, 0.1) is 15.2 Å². The Morgan fingerprint density at radius 1 is 1.30 bits per heavy atom. The number of rotatable bonds is 8. The van der Waals surface area contributed by atoms with Crippen molar-refractivity contribution in [2.24, 2.45) is 0 Å². The molecule has 0 saturated carbocycles. The lowest BCUT2D eigenvalue weighted by Crippen LogP contribution is -3.11. The minimum Gasteiger partial charge on any atom is -0.347 e. The van der Waals surface area contributed by atoms with E-state index in [0.717, 1.165) is 27.3 Å². The molecular weight excluding hydrogens is 379 g/mol. The molecule has 2 rings (SSSR count). The van der Waals surface area contributed by atoms with Crippen molar-refractivity contribution < 1.29 is 14.1 Å². The van der Waals surface area contributed by atoms with Gasteiger partial charge in [-0.2, -0.15) is 0 Å². The van der Waals surface area contributed by atoms with Crippen molar-refractivity contribution in [3.8, 4) is 0 Å². The van der Waals surface area contributed by atoms with E-state index in [1.54, 1.807) is 23.5 Å². The Morgan fingerprint density at radius 3 is 2.65 bits per heavy atom. The maximum atomic E-state index is 12.8. The van der Waals surface area contributed by atoms with Crippen molar-refractivity contribution >= 4 is 33.2 Å². The zero-order chi connectivity index (χ0) is 16.7. The molecule has 1 atom stereocenters. The van der Waals surface area contributed by atoms with Crippen LogP contribution >= 0.6 is 27.3 Å². The second-order valence-electron chi connectivity index (χ2n) is 5.21. The van der Waals surface area contributed by atoms with Crippen molar-refractivity contribution in [1.29, 1.82) is 0 Å². The third kappa shape index (κ3) is 6.25. The summed E-state index contributed by atoms with van der Waals surface area (Å²) < 4.78 is 13.9. The van der Waals surface area contributed by atoms with Gasteiger partial charge in [0.2, 0.25) is 0 Å². The molecule has 1 aromatic heterocycles. The minimum atomic E-state index is -0.274. The Labute approximate surface area is 147 Å². The van der Waals surface area contributed by atoms with Crippen LogP contribution in [0.25, 0.3) is 0 Å². The van der Waals surface area contributed by atoms with Gasteiger partial charge >= 0.3 is 0 Å². The zero-order valence-corrected chi connectivity index (χ0v) is 15.1. The van der Waals surface area contributed by atoms with Gasteiger partial charge in [-0.25, -0.2) is 4.39 Å². The van der Waals surface area contributed by atoms with E-state index >= 15 is 0 Å². The van der Waals surface area contributed by atoms with Crippen LogP contribution in [0.4, 0.5) is 4.39 Å². The first-order chi connectivity index (χ1) is 11.1. The lowest BCUT2D eigenvalue weighted by atomic mass is 10.2. The molecule has 122 valence electrons. The SMILES string of the molecule is C=CC[NH+](CC(=O)NCc1ccc(F)cc1)Cc1ccc(Br)s1. The number of amides is 1. The molecule has 23 heavy (non-hydrogen) atoms. The first-order valence-electron chi connectivity index (χ1n) is 7.26. The number of nitrogens with one attached hydrogen (secondary N) is 2. The van der Waals surface area contributed by atoms with Gasteiger partial charge < -0.3 is 10.2 Å². The topological polar surface area (TPSA) is 33.5 Å². The number of carbonyl (C=O) groups is 1. The summed E-state index contributed by atoms with van der Waals surface area (Å²) in [5, 5.41) is 2.88. The molecule has 0 aliphatic heterocycles. The number of thiophene rings is 1. The summed E-state index contributed by atoms with van der Waals surface area (Å²) in [5.41, 5.74) is 0.882. The first kappa shape index (κ1) is 17.8. The summed E-state index contributed by atoms with van der Waals surface area (Å²) in [6.07, 6.45) is 1.82. The van der Waals surface area contributed by atoms with Crippen molar-refractivity contribution in [2.45, 2.75) is 13.1 Å². The van der Waals surface area contributed by atoms with Crippen molar-refractivity contribution in [3.05, 3.63) is 69.1 Å². The van der Waals surface area contributed by atoms with Gasteiger partial charge in [-0.05, 0) is 51.8 Å². The molecular formula is C17H19BrFN2OS+. The largest absolute Gasteiger partial charge is 0.347 e. The second-order valence-corrected chi connectivity index (χ2v) is 7.75. The summed E-state index contributed by atoms with van der Waals surface area (Å²) >= 11 is 5.13. The van der Waals surface area contributed by atoms with Crippen LogP contribution in [-0.2, 0) is 17.9 Å². The summed E-state index contributed by atoms with van der Waals surface area (Å²) in [5.74, 6) is -0.300. The highest BCUT2D eigenvalue weighted by Gasteiger charge is 2.14. The van der Waals surface area contributed by atoms with Crippen LogP contribution in [0.1, 0.15) is 10.4 Å². The second kappa shape index (κ2) is 8.96. The lowest BCUT2D eigenvalue weighted by molar-refractivity contribution is -0.899. The maximum Gasteiger partial charge on any atom is 0.275 e. The van der Waals surface area contributed by atoms with Gasteiger partial charge in [0.1, 0.15) is 12.4 Å². The van der Waals surface area contributed by atoms with Gasteiger partial charge in [-0.1, -0.05) is 18.7 Å². The maximum absolute atomic E-state index is 12.8. The van der Waals surface area contributed by atoms with Gasteiger partial charge in [0, 0.05) is 6.54 Å². The number of hydrogen-bond donors (Lipinski definition) is 2. The Hall–Kier alpha value is -1.50. The highest BCUT2D eigenvalue weighted by molar-refractivity contribution is 9.11. The average Bonchev–Trinajstić information content (AvgIpc) is 2.92. The smallest absolute Gasteiger partial charge is 0.275 e. The van der Waals surface area contributed by atoms with E-state index in [4.69, 9.17) is 0 Å². The molecule has 2 N–H and O–H groups in total. The predicted molar refractivity (Wildman–Crippen MR) is 94.9 cm³/mol. The van der Waals surface area contributed by atoms with E-state index in [-0.39, 0.29) is 11.7 Å². The molecule has 0 aliphatic rings. The summed E-state index contributed by atoms with van der Waals surface area (Å²) in [6.45, 7) is 6.05. The molecule has 2 aromatic rings. The fourth-order valence-corrected chi connectivity index (χ4v) is 3.75. The molecule has 0 aliphatic carbocycles. The first-order valence-corrected chi connectivity index (χ1v) is 8.87. The molecule has 6 heteroatoms. The Morgan fingerprint density at radius 2 is 2.04 bits per heavy atom. The minimum absolute atomic E-state index is 0.0261. The van der Waals surface area contributed by atoms with E-state index in [1.807, 2.05) is 12.1 Å². The van der Waals surface area contributed by atoms with E-state index in [2.05, 4.69) is 33.9 Å². The third-order valence-corrected chi connectivity index (χ3v) is 4.92. The number of carbonyl (C=O) groups excluding carboxylic acids is 1. The molecule has 1 heterocycles. The fraction of sp³-hybridized carbons (Fsp3) is 0.235. The van der Waals surface area contributed by atoms with Crippen LogP contribution in [0.5, 0.6) is 0 Å². The molecule has 1 unspecified atom stereocenters. The molecule has 1 aromatic carbocycles. The normalized spacial score (nSPS) is 11.9. The molecule has 0 spiro atoms. The Bertz CT molecular complexity index is 657. The lowest BCUT2D eigenvalue weighted by Gasteiger charge is -2.16. The summed E-state index contributed by atoms with van der Waals surface area (Å²) in [6, 6.07) is 10.2. The molecule has 1 amide bonds. The van der Waals surface area contributed by atoms with E-state index in [0.29, 0.717) is 13.1 Å². The van der Waals surface area contributed by atoms with E-state index < -0.39 is 0 Å². The van der Waals surface area contributed by atoms with Crippen molar-refractivity contribution in [3.63, 3.8) is 0 Å². The van der Waals surface area contributed by atoms with Crippen LogP contribution in [0.3, 0.4) is 0 Å². The van der Waals surface area contributed by atoms with Gasteiger partial charge in [0.15, 0.2) is 6.54 Å². The third-order valence-electron chi connectivity index (χ3n) is 3.30. The van der Waals surface area contributed by atoms with Crippen molar-refractivity contribution in [1.82, 2.24) is 5.32 Å². The van der Waals surface area contributed by atoms with Crippen LogP contribution in [0.15, 0.2) is 52.8 Å². The van der Waals surface area contributed by atoms with Gasteiger partial charge in [0.25, 0.3) is 5.91 Å². The molecule has 0 fully saturated rings. The standard InChI is InChI=1S/C17H18BrFN2OS/c1-2-9-21(11-15-7-8-16(18)23-15)12-17(22)20-10-13-3-5-14(19)6-4-13/h2-8H,1,9-12H2,(H,20,22)/p+1. The fourth-order valence-electron chi connectivity index (χ4n) is 2.20. The molecule has 3 nitrogen and oxygen atoms in total. The predicted octanol–water partition coefficient (Wildman–Crippen LogP) is 2.54. The zero-order valence-electron chi connectivity index (χ0n) is 12.6. The number of hydrogen-bond acceptors (Lipinski definition) is 2. The number of benzene rings is 1. The van der Waals surface area contributed by atoms with E-state index in [1.165, 1.54) is 17.0 Å². The monoisotopic (exact) mass is 397 g/mol. The van der Waals surface area contributed by atoms with Gasteiger partial charge in [-0.15, -0.1) is 11.3 Å². The van der Waals surface area contributed by atoms with Crippen LogP contribution in [-0.4, -0.2) is 19.0 Å². The summed E-state index contributed by atoms with van der Waals surface area (Å²) in [4.78, 5) is 14.5. The number of halogens is 2. The van der Waals surface area contributed by atoms with Gasteiger partial charge in [-0.3, -0.25) is 4.79 Å². The average molecular weight is 398 g/mol. The molecule has 0 bridgehead atoms. The Kier molecular flexibility index (Phi) is 6.95. The molecule has 0 saturated heterocycles. The summed E-state index contributed by atoms with van der Waals surface area (Å²) in [7, 11) is 0. The molecule has 0 radical (unpaired) electrons. The van der Waals surface area contributed by atoms with Crippen molar-refractivity contribution in [2.75, 3.05) is 13.1 Å². The number of quaternary nitrogens is 1. The van der Waals surface area contributed by atoms with E-state index in [9.17, 15) is 9.18 Å². The Balaban J connectivity index is 1.84. The quantitative estimate of drug-likeness (QED) is 0.659. The highest BCUT2D eigenvalue weighted by Crippen LogP contribution is 2.21. The highest BCUT2D eigenvalue weighted by atomic mass is 79.9. The van der Waals surface area contributed by atoms with Crippen LogP contribution in [0.2, 0.25) is 0 Å². The van der Waals surface area contributed by atoms with Crippen LogP contribution in [0, 0.1) is 5.82 Å².